The summed E-state index contributed by atoms with van der Waals surface area (Å²) in [5.41, 5.74) is 2.00. The number of nitrogens with one attached hydrogen (secondary N) is 2. The summed E-state index contributed by atoms with van der Waals surface area (Å²) < 4.78 is 2.16. The second-order valence-electron chi connectivity index (χ2n) is 6.31. The van der Waals surface area contributed by atoms with E-state index in [-0.39, 0.29) is 11.7 Å². The Morgan fingerprint density at radius 1 is 1.28 bits per heavy atom. The number of aryl methyl sites for hydroxylation is 1. The maximum atomic E-state index is 12.0. The van der Waals surface area contributed by atoms with E-state index in [0.717, 1.165) is 35.6 Å². The topological polar surface area (TPSA) is 76.0 Å². The predicted octanol–water partition coefficient (Wildman–Crippen LogP) is 3.41. The van der Waals surface area contributed by atoms with Crippen LogP contribution in [0.25, 0.3) is 11.0 Å². The number of fused-ring (bicyclic) bond motifs is 1. The molecule has 0 fully saturated rings. The Kier molecular flexibility index (Phi) is 7.31. The van der Waals surface area contributed by atoms with Crippen molar-refractivity contribution in [1.29, 1.82) is 0 Å². The van der Waals surface area contributed by atoms with E-state index in [4.69, 9.17) is 0 Å². The Hall–Kier alpha value is -2.02. The molecule has 2 aromatic rings. The van der Waals surface area contributed by atoms with E-state index in [9.17, 15) is 9.59 Å². The smallest absolute Gasteiger partial charge is 0.321 e. The minimum absolute atomic E-state index is 0.157. The molecule has 0 aliphatic rings. The molecule has 0 saturated heterocycles. The molecular weight excluding hydrogens is 336 g/mol. The molecule has 7 heteroatoms. The van der Waals surface area contributed by atoms with Crippen LogP contribution in [-0.4, -0.2) is 33.8 Å². The van der Waals surface area contributed by atoms with Crippen LogP contribution < -0.4 is 10.6 Å². The number of carbonyl (C=O) groups excluding carboxylic acids is 2. The average Bonchev–Trinajstić information content (AvgIpc) is 2.93. The zero-order chi connectivity index (χ0) is 18.2. The normalized spacial score (nSPS) is 11.0. The van der Waals surface area contributed by atoms with E-state index in [1.54, 1.807) is 0 Å². The standard InChI is InChI=1S/C18H26N4O2S/c1-4-10-19-17(24)21-16(23)12-25-18-20-14-7-5-6-8-15(14)22(18)11-9-13(2)3/h5-8,13H,4,9-12H2,1-3H3,(H2,19,21,23,24). The summed E-state index contributed by atoms with van der Waals surface area (Å²) in [6.45, 7) is 7.75. The molecule has 0 atom stereocenters. The highest BCUT2D eigenvalue weighted by Gasteiger charge is 2.14. The summed E-state index contributed by atoms with van der Waals surface area (Å²) in [6, 6.07) is 7.53. The second-order valence-corrected chi connectivity index (χ2v) is 7.25. The minimum Gasteiger partial charge on any atom is -0.338 e. The van der Waals surface area contributed by atoms with Gasteiger partial charge < -0.3 is 9.88 Å². The van der Waals surface area contributed by atoms with Crippen LogP contribution in [0.1, 0.15) is 33.6 Å². The highest BCUT2D eigenvalue weighted by Crippen LogP contribution is 2.25. The van der Waals surface area contributed by atoms with Gasteiger partial charge in [0.2, 0.25) is 5.91 Å². The van der Waals surface area contributed by atoms with Gasteiger partial charge in [0.15, 0.2) is 5.16 Å². The van der Waals surface area contributed by atoms with Crippen LogP contribution in [0, 0.1) is 5.92 Å². The summed E-state index contributed by atoms with van der Waals surface area (Å²) in [6.07, 6.45) is 1.87. The number of nitrogens with zero attached hydrogens (tertiary/aromatic N) is 2. The fourth-order valence-corrected chi connectivity index (χ4v) is 3.18. The molecule has 1 aromatic heterocycles. The Bertz CT molecular complexity index is 727. The number of hydrogen-bond donors (Lipinski definition) is 2. The molecule has 1 heterocycles. The Balaban J connectivity index is 2.03. The van der Waals surface area contributed by atoms with Gasteiger partial charge in [0.05, 0.1) is 16.8 Å². The van der Waals surface area contributed by atoms with Crippen LogP contribution in [0.4, 0.5) is 4.79 Å². The van der Waals surface area contributed by atoms with Crippen LogP contribution in [0.3, 0.4) is 0 Å². The Morgan fingerprint density at radius 3 is 2.76 bits per heavy atom. The number of amides is 3. The lowest BCUT2D eigenvalue weighted by atomic mass is 10.1. The van der Waals surface area contributed by atoms with Crippen molar-refractivity contribution in [2.75, 3.05) is 12.3 Å². The zero-order valence-corrected chi connectivity index (χ0v) is 15.9. The molecule has 6 nitrogen and oxygen atoms in total. The summed E-state index contributed by atoms with van der Waals surface area (Å²) in [5.74, 6) is 0.426. The summed E-state index contributed by atoms with van der Waals surface area (Å²) in [5, 5.41) is 5.78. The van der Waals surface area contributed by atoms with Crippen molar-refractivity contribution in [3.05, 3.63) is 24.3 Å². The average molecular weight is 362 g/mol. The molecular formula is C18H26N4O2S. The van der Waals surface area contributed by atoms with Gasteiger partial charge in [0.25, 0.3) is 0 Å². The number of benzene rings is 1. The SMILES string of the molecule is CCCNC(=O)NC(=O)CSc1nc2ccccc2n1CCC(C)C. The largest absolute Gasteiger partial charge is 0.338 e. The van der Waals surface area contributed by atoms with Crippen LogP contribution in [0.15, 0.2) is 29.4 Å². The van der Waals surface area contributed by atoms with Gasteiger partial charge in [0, 0.05) is 13.1 Å². The molecule has 2 rings (SSSR count). The fourth-order valence-electron chi connectivity index (χ4n) is 2.34. The van der Waals surface area contributed by atoms with Gasteiger partial charge in [-0.15, -0.1) is 0 Å². The summed E-state index contributed by atoms with van der Waals surface area (Å²) >= 11 is 1.36. The first kappa shape index (κ1) is 19.3. The molecule has 0 unspecified atom stereocenters. The van der Waals surface area contributed by atoms with Crippen LogP contribution in [0.5, 0.6) is 0 Å². The van der Waals surface area contributed by atoms with E-state index >= 15 is 0 Å². The highest BCUT2D eigenvalue weighted by atomic mass is 32.2. The third kappa shape index (κ3) is 5.77. The first-order valence-corrected chi connectivity index (χ1v) is 9.65. The van der Waals surface area contributed by atoms with Crippen molar-refractivity contribution in [1.82, 2.24) is 20.2 Å². The molecule has 2 N–H and O–H groups in total. The number of thioether (sulfide) groups is 1. The number of para-hydroxylation sites is 2. The lowest BCUT2D eigenvalue weighted by Crippen LogP contribution is -2.40. The van der Waals surface area contributed by atoms with Gasteiger partial charge >= 0.3 is 6.03 Å². The molecule has 25 heavy (non-hydrogen) atoms. The van der Waals surface area contributed by atoms with Gasteiger partial charge in [-0.25, -0.2) is 9.78 Å². The second kappa shape index (κ2) is 9.46. The van der Waals surface area contributed by atoms with E-state index in [2.05, 4.69) is 34.0 Å². The number of rotatable bonds is 8. The summed E-state index contributed by atoms with van der Waals surface area (Å²) in [7, 11) is 0. The molecule has 0 aliphatic heterocycles. The Labute approximate surface area is 152 Å². The van der Waals surface area contributed by atoms with Crippen molar-refractivity contribution in [3.63, 3.8) is 0 Å². The first-order valence-electron chi connectivity index (χ1n) is 8.67. The van der Waals surface area contributed by atoms with Crippen molar-refractivity contribution in [3.8, 4) is 0 Å². The molecule has 0 aliphatic carbocycles. The number of hydrogen-bond acceptors (Lipinski definition) is 4. The van der Waals surface area contributed by atoms with Crippen molar-refractivity contribution in [2.24, 2.45) is 5.92 Å². The molecule has 3 amide bonds. The highest BCUT2D eigenvalue weighted by molar-refractivity contribution is 7.99. The lowest BCUT2D eigenvalue weighted by molar-refractivity contribution is -0.117. The van der Waals surface area contributed by atoms with E-state index in [0.29, 0.717) is 12.5 Å². The minimum atomic E-state index is -0.444. The van der Waals surface area contributed by atoms with Gasteiger partial charge in [0.1, 0.15) is 0 Å². The number of imidazole rings is 1. The van der Waals surface area contributed by atoms with Gasteiger partial charge in [-0.2, -0.15) is 0 Å². The van der Waals surface area contributed by atoms with Crippen LogP contribution in [0.2, 0.25) is 0 Å². The van der Waals surface area contributed by atoms with Gasteiger partial charge in [-0.1, -0.05) is 44.7 Å². The number of urea groups is 1. The van der Waals surface area contributed by atoms with Crippen molar-refractivity contribution < 1.29 is 9.59 Å². The number of aromatic nitrogens is 2. The summed E-state index contributed by atoms with van der Waals surface area (Å²) in [4.78, 5) is 28.1. The molecule has 0 bridgehead atoms. The predicted molar refractivity (Wildman–Crippen MR) is 102 cm³/mol. The monoisotopic (exact) mass is 362 g/mol. The Morgan fingerprint density at radius 2 is 2.04 bits per heavy atom. The van der Waals surface area contributed by atoms with Gasteiger partial charge in [-0.05, 0) is 30.9 Å². The quantitative estimate of drug-likeness (QED) is 0.706. The first-order chi connectivity index (χ1) is 12.0. The third-order valence-electron chi connectivity index (χ3n) is 3.67. The van der Waals surface area contributed by atoms with E-state index < -0.39 is 6.03 Å². The molecule has 0 saturated carbocycles. The van der Waals surface area contributed by atoms with Crippen LogP contribution >= 0.6 is 11.8 Å². The maximum absolute atomic E-state index is 12.0. The fraction of sp³-hybridized carbons (Fsp3) is 0.500. The molecule has 136 valence electrons. The van der Waals surface area contributed by atoms with Gasteiger partial charge in [-0.3, -0.25) is 10.1 Å². The lowest BCUT2D eigenvalue weighted by Gasteiger charge is -2.10. The van der Waals surface area contributed by atoms with Crippen molar-refractivity contribution in [2.45, 2.75) is 45.3 Å². The maximum Gasteiger partial charge on any atom is 0.321 e. The molecule has 1 aromatic carbocycles. The van der Waals surface area contributed by atoms with Crippen molar-refractivity contribution >= 4 is 34.7 Å². The van der Waals surface area contributed by atoms with E-state index in [1.807, 2.05) is 31.2 Å². The number of imide groups is 1. The zero-order valence-electron chi connectivity index (χ0n) is 15.0. The third-order valence-corrected chi connectivity index (χ3v) is 4.65. The van der Waals surface area contributed by atoms with Crippen LogP contribution in [-0.2, 0) is 11.3 Å². The van der Waals surface area contributed by atoms with E-state index in [1.165, 1.54) is 11.8 Å². The number of carbonyl (C=O) groups is 2. The molecule has 0 radical (unpaired) electrons. The molecule has 0 spiro atoms.